The van der Waals surface area contributed by atoms with E-state index in [1.165, 1.54) is 5.56 Å². The van der Waals surface area contributed by atoms with Gasteiger partial charge in [0.15, 0.2) is 0 Å². The SMILES string of the molecule is C=C(C)C(=O)OC1(C)CC(C)Cc2ccccc21. The second kappa shape index (κ2) is 4.60. The van der Waals surface area contributed by atoms with Gasteiger partial charge in [-0.1, -0.05) is 37.8 Å². The Labute approximate surface area is 109 Å². The second-order valence-electron chi connectivity index (χ2n) is 5.57. The molecule has 0 amide bonds. The van der Waals surface area contributed by atoms with Gasteiger partial charge in [0.25, 0.3) is 0 Å². The Hall–Kier alpha value is -1.57. The molecule has 96 valence electrons. The lowest BCUT2D eigenvalue weighted by atomic mass is 9.75. The fourth-order valence-corrected chi connectivity index (χ4v) is 2.83. The lowest BCUT2D eigenvalue weighted by Gasteiger charge is -2.38. The van der Waals surface area contributed by atoms with E-state index in [9.17, 15) is 4.79 Å². The Morgan fingerprint density at radius 2 is 2.11 bits per heavy atom. The van der Waals surface area contributed by atoms with Crippen LogP contribution in [0.15, 0.2) is 36.4 Å². The van der Waals surface area contributed by atoms with Gasteiger partial charge in [-0.15, -0.1) is 0 Å². The van der Waals surface area contributed by atoms with Crippen LogP contribution in [0.3, 0.4) is 0 Å². The lowest BCUT2D eigenvalue weighted by Crippen LogP contribution is -2.36. The van der Waals surface area contributed by atoms with E-state index in [4.69, 9.17) is 4.74 Å². The van der Waals surface area contributed by atoms with Crippen LogP contribution in [0.2, 0.25) is 0 Å². The first-order chi connectivity index (χ1) is 8.42. The van der Waals surface area contributed by atoms with E-state index in [1.807, 2.05) is 19.1 Å². The molecule has 2 unspecified atom stereocenters. The Bertz CT molecular complexity index is 490. The van der Waals surface area contributed by atoms with Crippen LogP contribution < -0.4 is 0 Å². The molecule has 1 aromatic carbocycles. The van der Waals surface area contributed by atoms with Crippen LogP contribution in [0, 0.1) is 5.92 Å². The summed E-state index contributed by atoms with van der Waals surface area (Å²) in [7, 11) is 0. The molecule has 2 rings (SSSR count). The van der Waals surface area contributed by atoms with E-state index >= 15 is 0 Å². The highest BCUT2D eigenvalue weighted by atomic mass is 16.6. The van der Waals surface area contributed by atoms with Crippen molar-refractivity contribution in [2.45, 2.75) is 39.2 Å². The summed E-state index contributed by atoms with van der Waals surface area (Å²) >= 11 is 0. The van der Waals surface area contributed by atoms with Gasteiger partial charge in [0.2, 0.25) is 0 Å². The summed E-state index contributed by atoms with van der Waals surface area (Å²) in [5.74, 6) is 0.212. The first kappa shape index (κ1) is 12.9. The van der Waals surface area contributed by atoms with Gasteiger partial charge in [-0.2, -0.15) is 0 Å². The predicted molar refractivity (Wildman–Crippen MR) is 72.2 cm³/mol. The van der Waals surface area contributed by atoms with E-state index in [0.717, 1.165) is 18.4 Å². The molecule has 0 aromatic heterocycles. The number of hydrogen-bond acceptors (Lipinski definition) is 2. The Morgan fingerprint density at radius 3 is 2.78 bits per heavy atom. The minimum Gasteiger partial charge on any atom is -0.451 e. The predicted octanol–water partition coefficient (Wildman–Crippen LogP) is 3.60. The fraction of sp³-hybridized carbons (Fsp3) is 0.438. The Kier molecular flexibility index (Phi) is 3.29. The van der Waals surface area contributed by atoms with Gasteiger partial charge in [0.05, 0.1) is 0 Å². The molecule has 0 bridgehead atoms. The van der Waals surface area contributed by atoms with Crippen molar-refractivity contribution in [1.29, 1.82) is 0 Å². The Morgan fingerprint density at radius 1 is 1.44 bits per heavy atom. The number of benzene rings is 1. The van der Waals surface area contributed by atoms with E-state index in [-0.39, 0.29) is 5.97 Å². The van der Waals surface area contributed by atoms with Gasteiger partial charge in [-0.05, 0) is 43.7 Å². The first-order valence-corrected chi connectivity index (χ1v) is 6.39. The molecular formula is C16H20O2. The quantitative estimate of drug-likeness (QED) is 0.587. The summed E-state index contributed by atoms with van der Waals surface area (Å²) in [5, 5.41) is 0. The van der Waals surface area contributed by atoms with Crippen LogP contribution in [0.4, 0.5) is 0 Å². The number of rotatable bonds is 2. The van der Waals surface area contributed by atoms with E-state index in [0.29, 0.717) is 11.5 Å². The largest absolute Gasteiger partial charge is 0.451 e. The molecule has 0 saturated heterocycles. The highest BCUT2D eigenvalue weighted by molar-refractivity contribution is 5.87. The number of esters is 1. The molecule has 2 atom stereocenters. The zero-order valence-electron chi connectivity index (χ0n) is 11.3. The third-order valence-electron chi connectivity index (χ3n) is 3.56. The average molecular weight is 244 g/mol. The maximum atomic E-state index is 11.8. The molecular weight excluding hydrogens is 224 g/mol. The van der Waals surface area contributed by atoms with Crippen LogP contribution in [0.1, 0.15) is 38.3 Å². The molecule has 1 aromatic rings. The smallest absolute Gasteiger partial charge is 0.333 e. The molecule has 0 radical (unpaired) electrons. The highest BCUT2D eigenvalue weighted by Crippen LogP contribution is 2.40. The molecule has 0 fully saturated rings. The molecule has 0 N–H and O–H groups in total. The minimum absolute atomic E-state index is 0.304. The van der Waals surface area contributed by atoms with Crippen molar-refractivity contribution in [3.8, 4) is 0 Å². The van der Waals surface area contributed by atoms with Crippen molar-refractivity contribution >= 4 is 5.97 Å². The van der Waals surface area contributed by atoms with Crippen LogP contribution in [0.5, 0.6) is 0 Å². The molecule has 1 aliphatic rings. The van der Waals surface area contributed by atoms with Gasteiger partial charge in [0, 0.05) is 5.57 Å². The maximum Gasteiger partial charge on any atom is 0.333 e. The van der Waals surface area contributed by atoms with Gasteiger partial charge in [-0.3, -0.25) is 0 Å². The van der Waals surface area contributed by atoms with Gasteiger partial charge >= 0.3 is 5.97 Å². The van der Waals surface area contributed by atoms with Crippen LogP contribution in [-0.4, -0.2) is 5.97 Å². The third-order valence-corrected chi connectivity index (χ3v) is 3.56. The number of carbonyl (C=O) groups is 1. The normalized spacial score (nSPS) is 26.3. The van der Waals surface area contributed by atoms with Crippen molar-refractivity contribution in [1.82, 2.24) is 0 Å². The zero-order valence-corrected chi connectivity index (χ0v) is 11.3. The summed E-state index contributed by atoms with van der Waals surface area (Å²) < 4.78 is 5.70. The number of ether oxygens (including phenoxy) is 1. The first-order valence-electron chi connectivity index (χ1n) is 6.39. The highest BCUT2D eigenvalue weighted by Gasteiger charge is 2.38. The lowest BCUT2D eigenvalue weighted by molar-refractivity contribution is -0.156. The minimum atomic E-state index is -0.524. The monoisotopic (exact) mass is 244 g/mol. The van der Waals surface area contributed by atoms with Crippen LogP contribution in [0.25, 0.3) is 0 Å². The van der Waals surface area contributed by atoms with Gasteiger partial charge in [0.1, 0.15) is 5.60 Å². The van der Waals surface area contributed by atoms with Crippen molar-refractivity contribution in [2.75, 3.05) is 0 Å². The number of carbonyl (C=O) groups excluding carboxylic acids is 1. The standard InChI is InChI=1S/C16H20O2/c1-11(2)15(17)18-16(4)10-12(3)9-13-7-5-6-8-14(13)16/h5-8,12H,1,9-10H2,2-4H3. The van der Waals surface area contributed by atoms with E-state index in [2.05, 4.69) is 25.6 Å². The van der Waals surface area contributed by atoms with Crippen LogP contribution >= 0.6 is 0 Å². The van der Waals surface area contributed by atoms with Crippen LogP contribution in [-0.2, 0) is 21.6 Å². The van der Waals surface area contributed by atoms with Crippen molar-refractivity contribution in [3.05, 3.63) is 47.5 Å². The topological polar surface area (TPSA) is 26.3 Å². The number of hydrogen-bond donors (Lipinski definition) is 0. The zero-order chi connectivity index (χ0) is 13.3. The van der Waals surface area contributed by atoms with E-state index in [1.54, 1.807) is 6.92 Å². The van der Waals surface area contributed by atoms with E-state index < -0.39 is 5.60 Å². The maximum absolute atomic E-state index is 11.8. The molecule has 0 saturated carbocycles. The molecule has 0 spiro atoms. The molecule has 1 aliphatic carbocycles. The van der Waals surface area contributed by atoms with Crippen molar-refractivity contribution in [3.63, 3.8) is 0 Å². The Balaban J connectivity index is 2.37. The molecule has 2 heteroatoms. The molecule has 2 nitrogen and oxygen atoms in total. The molecule has 18 heavy (non-hydrogen) atoms. The number of fused-ring (bicyclic) bond motifs is 1. The third kappa shape index (κ3) is 2.33. The van der Waals surface area contributed by atoms with Crippen molar-refractivity contribution in [2.24, 2.45) is 5.92 Å². The summed E-state index contributed by atoms with van der Waals surface area (Å²) in [6, 6.07) is 8.23. The fourth-order valence-electron chi connectivity index (χ4n) is 2.83. The average Bonchev–Trinajstić information content (AvgIpc) is 2.28. The summed E-state index contributed by atoms with van der Waals surface area (Å²) in [6.45, 7) is 9.54. The van der Waals surface area contributed by atoms with Crippen molar-refractivity contribution < 1.29 is 9.53 Å². The summed E-state index contributed by atoms with van der Waals surface area (Å²) in [5.41, 5.74) is 2.35. The summed E-state index contributed by atoms with van der Waals surface area (Å²) in [6.07, 6.45) is 1.92. The second-order valence-corrected chi connectivity index (χ2v) is 5.57. The summed E-state index contributed by atoms with van der Waals surface area (Å²) in [4.78, 5) is 11.8. The van der Waals surface area contributed by atoms with Gasteiger partial charge < -0.3 is 4.74 Å². The molecule has 0 aliphatic heterocycles. The van der Waals surface area contributed by atoms with Gasteiger partial charge in [-0.25, -0.2) is 4.79 Å². The molecule has 0 heterocycles.